The van der Waals surface area contributed by atoms with Gasteiger partial charge in [-0.2, -0.15) is 0 Å². The molecule has 17 heteroatoms. The number of hydrogen-bond donors (Lipinski definition) is 4. The molecule has 12 unspecified atom stereocenters. The van der Waals surface area contributed by atoms with Crippen LogP contribution >= 0.6 is 0 Å². The molecule has 0 saturated carbocycles. The topological polar surface area (TPSA) is 212 Å². The van der Waals surface area contributed by atoms with E-state index in [2.05, 4.69) is 10.3 Å². The number of ether oxygens (including phenoxy) is 3. The lowest BCUT2D eigenvalue weighted by Gasteiger charge is -2.17. The van der Waals surface area contributed by atoms with E-state index in [1.807, 2.05) is 97.1 Å². The second-order valence-electron chi connectivity index (χ2n) is 17.3. The van der Waals surface area contributed by atoms with Crippen molar-refractivity contribution in [2.75, 3.05) is 26.2 Å². The van der Waals surface area contributed by atoms with E-state index in [-0.39, 0.29) is 114 Å². The Morgan fingerprint density at radius 1 is 0.587 bits per heavy atom. The second-order valence-corrected chi connectivity index (χ2v) is 17.3. The minimum Gasteiger partial charge on any atom is -0.451 e. The second kappa shape index (κ2) is 18.6. The number of amides is 6. The largest absolute Gasteiger partial charge is 0.451 e. The molecule has 63 heavy (non-hydrogen) atoms. The highest BCUT2D eigenvalue weighted by Crippen LogP contribution is 2.47. The van der Waals surface area contributed by atoms with E-state index in [0.717, 1.165) is 12.1 Å². The lowest BCUT2D eigenvalue weighted by Crippen LogP contribution is -2.76. The predicted molar refractivity (Wildman–Crippen MR) is 228 cm³/mol. The Labute approximate surface area is 366 Å². The molecule has 6 fully saturated rings. The van der Waals surface area contributed by atoms with Crippen LogP contribution in [0.3, 0.4) is 0 Å². The molecule has 9 aliphatic heterocycles. The number of carbonyl (C=O) groups is 6. The van der Waals surface area contributed by atoms with Crippen LogP contribution in [0.15, 0.2) is 97.1 Å². The van der Waals surface area contributed by atoms with E-state index in [4.69, 9.17) is 25.0 Å². The summed E-state index contributed by atoms with van der Waals surface area (Å²) in [5.41, 5.74) is 7.65. The minimum absolute atomic E-state index is 0.0756. The lowest BCUT2D eigenvalue weighted by molar-refractivity contribution is -0.458. The molecule has 6 amide bonds. The number of nitrogens with two attached hydrogens (primary N) is 1. The van der Waals surface area contributed by atoms with Gasteiger partial charge in [-0.3, -0.25) is 54.2 Å². The maximum Gasteiger partial charge on any atom is 0.282 e. The van der Waals surface area contributed by atoms with E-state index in [1.54, 1.807) is 20.6 Å². The van der Waals surface area contributed by atoms with E-state index < -0.39 is 0 Å². The SMILES string of the molecule is CB(C)O.CC(N)=[NH+]CCN1C(=O)C2C3C=CC(O3)C2C1=O.O=C1C2C3C=CC(O3)C2C(=O)N1CCNCc1ccccc1.O=C1C2C3C=CC(O3)C2C(=O)N1Cc1ccccc1. The summed E-state index contributed by atoms with van der Waals surface area (Å²) in [6, 6.07) is 19.7. The first kappa shape index (κ1) is 44.0. The van der Waals surface area contributed by atoms with Crippen molar-refractivity contribution < 1.29 is 53.0 Å². The van der Waals surface area contributed by atoms with Gasteiger partial charge in [-0.25, -0.2) is 0 Å². The molecule has 2 aromatic rings. The molecule has 0 radical (unpaired) electrons. The van der Waals surface area contributed by atoms with Crippen molar-refractivity contribution in [1.82, 2.24) is 20.0 Å². The Morgan fingerprint density at radius 3 is 1.29 bits per heavy atom. The molecule has 9 aliphatic rings. The summed E-state index contributed by atoms with van der Waals surface area (Å²) in [5.74, 6) is -1.78. The Hall–Kier alpha value is -5.59. The summed E-state index contributed by atoms with van der Waals surface area (Å²) in [6.45, 7) is 8.00. The number of carbonyl (C=O) groups excluding carboxylic acids is 6. The number of fused-ring (bicyclic) bond motifs is 15. The molecule has 16 nitrogen and oxygen atoms in total. The van der Waals surface area contributed by atoms with Crippen molar-refractivity contribution in [2.24, 2.45) is 41.2 Å². The van der Waals surface area contributed by atoms with Crippen molar-refractivity contribution in [1.29, 1.82) is 0 Å². The Morgan fingerprint density at radius 2 is 0.921 bits per heavy atom. The average molecular weight is 862 g/mol. The summed E-state index contributed by atoms with van der Waals surface area (Å²) in [6.07, 6.45) is 10.2. The van der Waals surface area contributed by atoms with Gasteiger partial charge in [0.05, 0.1) is 85.2 Å². The third-order valence-electron chi connectivity index (χ3n) is 12.6. The number of likely N-dealkylation sites (tertiary alicyclic amines) is 3. The first-order chi connectivity index (χ1) is 30.3. The number of rotatable bonds is 10. The Balaban J connectivity index is 0.000000125. The van der Waals surface area contributed by atoms with Crippen LogP contribution in [-0.4, -0.2) is 131 Å². The normalized spacial score (nSPS) is 33.1. The first-order valence-corrected chi connectivity index (χ1v) is 21.7. The fourth-order valence-corrected chi connectivity index (χ4v) is 9.84. The van der Waals surface area contributed by atoms with Crippen LogP contribution in [0.2, 0.25) is 13.6 Å². The smallest absolute Gasteiger partial charge is 0.282 e. The zero-order chi connectivity index (χ0) is 44.5. The average Bonchev–Trinajstić information content (AvgIpc) is 4.16. The number of nitrogens with one attached hydrogen (secondary N) is 2. The number of amidine groups is 1. The maximum atomic E-state index is 12.4. The van der Waals surface area contributed by atoms with Crippen LogP contribution in [-0.2, 0) is 56.1 Å². The molecule has 9 heterocycles. The van der Waals surface area contributed by atoms with Gasteiger partial charge in [-0.05, 0) is 11.1 Å². The van der Waals surface area contributed by atoms with Crippen LogP contribution in [0.5, 0.6) is 0 Å². The van der Waals surface area contributed by atoms with Crippen molar-refractivity contribution in [2.45, 2.75) is 70.3 Å². The third kappa shape index (κ3) is 8.72. The van der Waals surface area contributed by atoms with Crippen LogP contribution < -0.4 is 16.0 Å². The maximum absolute atomic E-state index is 12.4. The van der Waals surface area contributed by atoms with Crippen LogP contribution in [0.4, 0.5) is 0 Å². The van der Waals surface area contributed by atoms with Gasteiger partial charge in [-0.15, -0.1) is 0 Å². The van der Waals surface area contributed by atoms with E-state index in [0.29, 0.717) is 38.6 Å². The summed E-state index contributed by atoms with van der Waals surface area (Å²) < 4.78 is 16.8. The zero-order valence-corrected chi connectivity index (χ0v) is 35.5. The molecule has 0 aliphatic carbocycles. The van der Waals surface area contributed by atoms with E-state index in [1.165, 1.54) is 20.3 Å². The fraction of sp³-hybridized carbons (Fsp3) is 0.457. The van der Waals surface area contributed by atoms with Gasteiger partial charge in [0.15, 0.2) is 0 Å². The van der Waals surface area contributed by atoms with Gasteiger partial charge in [0.25, 0.3) is 6.92 Å². The lowest BCUT2D eigenvalue weighted by atomic mass is 9.76. The monoisotopic (exact) mass is 861 g/mol. The molecule has 330 valence electrons. The molecular formula is C46H54BN6O10+. The molecule has 5 N–H and O–H groups in total. The zero-order valence-electron chi connectivity index (χ0n) is 35.5. The van der Waals surface area contributed by atoms with Crippen molar-refractivity contribution in [3.63, 3.8) is 0 Å². The summed E-state index contributed by atoms with van der Waals surface area (Å²) in [7, 11) is 0. The predicted octanol–water partition coefficient (Wildman–Crippen LogP) is -0.548. The minimum atomic E-state index is -0.310. The quantitative estimate of drug-likeness (QED) is 0.0593. The molecule has 0 aromatic heterocycles. The van der Waals surface area contributed by atoms with Gasteiger partial charge < -0.3 is 24.6 Å². The standard InChI is InChI=1S/C17H18N2O3.C15H13NO3.C12H15N3O3.C2H7BO/c20-16-14-12-6-7-13(22-12)15(14)17(21)19(16)9-8-18-10-11-4-2-1-3-5-11;17-14-12-10-6-7-11(19-10)13(12)15(18)16(14)8-9-4-2-1-3-5-9;1-6(13)14-4-5-15-11(16)9-7-2-3-8(18-7)10(9)12(15)17;1-3(2)4/h1-7,12-15,18H,8-10H2;1-7,10-13H,8H2;2-3,7-10H,4-5H2,1H3,(H2,13,14);4H,1-2H3/p+1. The molecule has 12 atom stereocenters. The number of imide groups is 3. The number of hydrogen-bond acceptors (Lipinski definition) is 11. The van der Waals surface area contributed by atoms with Gasteiger partial charge in [0, 0.05) is 26.6 Å². The van der Waals surface area contributed by atoms with Gasteiger partial charge in [-0.1, -0.05) is 111 Å². The van der Waals surface area contributed by atoms with Crippen LogP contribution in [0.25, 0.3) is 0 Å². The summed E-state index contributed by atoms with van der Waals surface area (Å²) in [5, 5.41) is 11.3. The summed E-state index contributed by atoms with van der Waals surface area (Å²) >= 11 is 0. The van der Waals surface area contributed by atoms with Gasteiger partial charge in [0.1, 0.15) is 6.54 Å². The van der Waals surface area contributed by atoms with E-state index in [9.17, 15) is 28.8 Å². The third-order valence-corrected chi connectivity index (χ3v) is 12.6. The van der Waals surface area contributed by atoms with Gasteiger partial charge in [0.2, 0.25) is 41.3 Å². The molecule has 2 aromatic carbocycles. The molecule has 6 saturated heterocycles. The Bertz CT molecular complexity index is 2120. The molecule has 6 bridgehead atoms. The van der Waals surface area contributed by atoms with Crippen LogP contribution in [0.1, 0.15) is 18.1 Å². The van der Waals surface area contributed by atoms with Crippen molar-refractivity contribution in [3.8, 4) is 0 Å². The van der Waals surface area contributed by atoms with Crippen molar-refractivity contribution in [3.05, 3.63) is 108 Å². The van der Waals surface area contributed by atoms with E-state index >= 15 is 0 Å². The highest BCUT2D eigenvalue weighted by Gasteiger charge is 2.62. The van der Waals surface area contributed by atoms with Gasteiger partial charge >= 0.3 is 0 Å². The molecular weight excluding hydrogens is 807 g/mol. The molecule has 11 rings (SSSR count). The summed E-state index contributed by atoms with van der Waals surface area (Å²) in [4.78, 5) is 81.0. The number of benzene rings is 2. The Kier molecular flexibility index (Phi) is 13.0. The highest BCUT2D eigenvalue weighted by molar-refractivity contribution is 6.46. The first-order valence-electron chi connectivity index (χ1n) is 21.7. The van der Waals surface area contributed by atoms with Crippen LogP contribution in [0, 0.1) is 35.5 Å². The fourth-order valence-electron chi connectivity index (χ4n) is 9.84. The number of nitrogens with zero attached hydrogens (tertiary/aromatic N) is 3. The van der Waals surface area contributed by atoms with Crippen molar-refractivity contribution >= 4 is 48.2 Å². The highest BCUT2D eigenvalue weighted by atomic mass is 16.5. The molecule has 0 spiro atoms.